The van der Waals surface area contributed by atoms with Crippen molar-refractivity contribution in [2.75, 3.05) is 7.11 Å². The smallest absolute Gasteiger partial charge is 0.354 e. The molecule has 0 aliphatic carbocycles. The van der Waals surface area contributed by atoms with Gasteiger partial charge in [-0.2, -0.15) is 0 Å². The number of ketones is 1. The second kappa shape index (κ2) is 4.41. The Hall–Kier alpha value is -1.10. The second-order valence-electron chi connectivity index (χ2n) is 2.87. The number of Topliss-reactive ketones (excluding diaryl/α,β-unsaturated/α-hetero) is 1. The summed E-state index contributed by atoms with van der Waals surface area (Å²) in [7, 11) is 1.31. The van der Waals surface area contributed by atoms with Gasteiger partial charge in [-0.1, -0.05) is 0 Å². The molecule has 0 N–H and O–H groups in total. The maximum atomic E-state index is 11.3. The lowest BCUT2D eigenvalue weighted by molar-refractivity contribution is -0.117. The fourth-order valence-corrected chi connectivity index (χ4v) is 1.58. The maximum Gasteiger partial charge on any atom is 0.354 e. The van der Waals surface area contributed by atoms with Gasteiger partial charge in [0.15, 0.2) is 0 Å². The molecular weight excluding hydrogens is 250 g/mol. The van der Waals surface area contributed by atoms with Crippen LogP contribution in [-0.4, -0.2) is 23.4 Å². The van der Waals surface area contributed by atoms with Crippen LogP contribution in [0.3, 0.4) is 0 Å². The maximum absolute atomic E-state index is 11.3. The van der Waals surface area contributed by atoms with Crippen molar-refractivity contribution in [3.8, 4) is 0 Å². The first-order valence-corrected chi connectivity index (χ1v) is 4.77. The lowest BCUT2D eigenvalue weighted by Gasteiger charge is -2.04. The van der Waals surface area contributed by atoms with Gasteiger partial charge in [0.05, 0.1) is 13.7 Å². The first-order chi connectivity index (χ1) is 6.54. The van der Waals surface area contributed by atoms with E-state index in [9.17, 15) is 9.59 Å². The number of hydrogen-bond donors (Lipinski definition) is 0. The lowest BCUT2D eigenvalue weighted by Crippen LogP contribution is -2.13. The Balaban J connectivity index is 3.02. The molecule has 0 unspecified atom stereocenters. The van der Waals surface area contributed by atoms with Gasteiger partial charge < -0.3 is 9.30 Å². The molecule has 0 saturated carbocycles. The van der Waals surface area contributed by atoms with E-state index in [1.807, 2.05) is 0 Å². The molecule has 0 saturated heterocycles. The van der Waals surface area contributed by atoms with Crippen LogP contribution in [0.2, 0.25) is 0 Å². The molecule has 0 fully saturated rings. The number of nitrogens with zero attached hydrogens (tertiary/aromatic N) is 1. The normalized spacial score (nSPS) is 9.93. The highest BCUT2D eigenvalue weighted by atomic mass is 79.9. The molecule has 0 amide bonds. The minimum atomic E-state index is -0.447. The summed E-state index contributed by atoms with van der Waals surface area (Å²) in [6.45, 7) is 1.64. The molecule has 1 heterocycles. The summed E-state index contributed by atoms with van der Waals surface area (Å²) in [5.74, 6) is -0.463. The number of carbonyl (C=O) groups excluding carboxylic acids is 2. The van der Waals surface area contributed by atoms with E-state index < -0.39 is 5.97 Å². The molecule has 0 aliphatic heterocycles. The second-order valence-corrected chi connectivity index (χ2v) is 3.78. The molecule has 0 spiro atoms. The highest BCUT2D eigenvalue weighted by Crippen LogP contribution is 2.15. The number of esters is 1. The van der Waals surface area contributed by atoms with Gasteiger partial charge in [0, 0.05) is 10.7 Å². The predicted molar refractivity (Wildman–Crippen MR) is 54.2 cm³/mol. The van der Waals surface area contributed by atoms with Crippen LogP contribution in [-0.2, 0) is 16.1 Å². The number of ether oxygens (including phenoxy) is 1. The molecule has 0 aromatic carbocycles. The van der Waals surface area contributed by atoms with Crippen LogP contribution in [0.25, 0.3) is 0 Å². The minimum absolute atomic E-state index is 0.0155. The Bertz CT molecular complexity index is 370. The van der Waals surface area contributed by atoms with E-state index in [2.05, 4.69) is 20.7 Å². The third-order valence-corrected chi connectivity index (χ3v) is 2.08. The highest BCUT2D eigenvalue weighted by Gasteiger charge is 2.13. The summed E-state index contributed by atoms with van der Waals surface area (Å²) in [5, 5.41) is 0. The molecule has 14 heavy (non-hydrogen) atoms. The third-order valence-electron chi connectivity index (χ3n) is 1.65. The Morgan fingerprint density at radius 1 is 1.57 bits per heavy atom. The molecule has 0 atom stereocenters. The topological polar surface area (TPSA) is 48.3 Å². The van der Waals surface area contributed by atoms with Gasteiger partial charge in [-0.15, -0.1) is 0 Å². The summed E-state index contributed by atoms with van der Waals surface area (Å²) in [5.41, 5.74) is 0.370. The zero-order valence-corrected chi connectivity index (χ0v) is 9.50. The minimum Gasteiger partial charge on any atom is -0.464 e. The average molecular weight is 260 g/mol. The first-order valence-electron chi connectivity index (χ1n) is 3.98. The Morgan fingerprint density at radius 2 is 2.21 bits per heavy atom. The number of hydrogen-bond acceptors (Lipinski definition) is 3. The summed E-state index contributed by atoms with van der Waals surface area (Å²) >= 11 is 3.23. The summed E-state index contributed by atoms with van der Waals surface area (Å²) < 4.78 is 6.88. The van der Waals surface area contributed by atoms with Crippen molar-refractivity contribution in [3.05, 3.63) is 22.4 Å². The van der Waals surface area contributed by atoms with Gasteiger partial charge in [-0.05, 0) is 28.9 Å². The van der Waals surface area contributed by atoms with E-state index in [1.54, 1.807) is 16.8 Å². The Morgan fingerprint density at radius 3 is 2.71 bits per heavy atom. The van der Waals surface area contributed by atoms with Crippen molar-refractivity contribution < 1.29 is 14.3 Å². The van der Waals surface area contributed by atoms with Crippen molar-refractivity contribution in [3.63, 3.8) is 0 Å². The van der Waals surface area contributed by atoms with Crippen LogP contribution in [0.1, 0.15) is 17.4 Å². The van der Waals surface area contributed by atoms with Crippen molar-refractivity contribution in [1.29, 1.82) is 0 Å². The van der Waals surface area contributed by atoms with Crippen LogP contribution < -0.4 is 0 Å². The SMILES string of the molecule is COC(=O)c1cc(Br)cn1CC(C)=O. The first kappa shape index (κ1) is 11.0. The van der Waals surface area contributed by atoms with Gasteiger partial charge in [-0.3, -0.25) is 4.79 Å². The summed E-state index contributed by atoms with van der Waals surface area (Å²) in [6, 6.07) is 1.62. The molecular formula is C9H10BrNO3. The number of aromatic nitrogens is 1. The van der Waals surface area contributed by atoms with Crippen LogP contribution in [0.5, 0.6) is 0 Å². The van der Waals surface area contributed by atoms with Crippen molar-refractivity contribution in [2.45, 2.75) is 13.5 Å². The summed E-state index contributed by atoms with van der Waals surface area (Å²) in [6.07, 6.45) is 1.67. The van der Waals surface area contributed by atoms with Gasteiger partial charge in [-0.25, -0.2) is 4.79 Å². The molecule has 76 valence electrons. The Labute approximate surface area is 90.0 Å². The van der Waals surface area contributed by atoms with Gasteiger partial charge in [0.1, 0.15) is 11.5 Å². The van der Waals surface area contributed by atoms with Crippen LogP contribution in [0.4, 0.5) is 0 Å². The predicted octanol–water partition coefficient (Wildman–Crippen LogP) is 1.63. The summed E-state index contributed by atoms with van der Waals surface area (Å²) in [4.78, 5) is 22.2. The number of halogens is 1. The third kappa shape index (κ3) is 2.45. The standard InChI is InChI=1S/C9H10BrNO3/c1-6(12)4-11-5-7(10)3-8(11)9(13)14-2/h3,5H,4H2,1-2H3. The fourth-order valence-electron chi connectivity index (χ4n) is 1.12. The fraction of sp³-hybridized carbons (Fsp3) is 0.333. The quantitative estimate of drug-likeness (QED) is 0.776. The van der Waals surface area contributed by atoms with Gasteiger partial charge in [0.2, 0.25) is 0 Å². The van der Waals surface area contributed by atoms with Gasteiger partial charge in [0.25, 0.3) is 0 Å². The van der Waals surface area contributed by atoms with E-state index >= 15 is 0 Å². The molecule has 1 rings (SSSR count). The molecule has 1 aromatic heterocycles. The monoisotopic (exact) mass is 259 g/mol. The van der Waals surface area contributed by atoms with Crippen LogP contribution >= 0.6 is 15.9 Å². The van der Waals surface area contributed by atoms with Crippen molar-refractivity contribution >= 4 is 27.7 Å². The van der Waals surface area contributed by atoms with Crippen molar-refractivity contribution in [2.24, 2.45) is 0 Å². The molecule has 4 nitrogen and oxygen atoms in total. The van der Waals surface area contributed by atoms with E-state index in [4.69, 9.17) is 0 Å². The Kier molecular flexibility index (Phi) is 3.46. The molecule has 0 aliphatic rings. The largest absolute Gasteiger partial charge is 0.464 e. The molecule has 0 bridgehead atoms. The van der Waals surface area contributed by atoms with Gasteiger partial charge >= 0.3 is 5.97 Å². The van der Waals surface area contributed by atoms with Crippen LogP contribution in [0, 0.1) is 0 Å². The molecule has 0 radical (unpaired) electrons. The number of methoxy groups -OCH3 is 1. The number of carbonyl (C=O) groups is 2. The van der Waals surface area contributed by atoms with Crippen LogP contribution in [0.15, 0.2) is 16.7 Å². The van der Waals surface area contributed by atoms with E-state index in [-0.39, 0.29) is 12.3 Å². The van der Waals surface area contributed by atoms with E-state index in [1.165, 1.54) is 14.0 Å². The lowest BCUT2D eigenvalue weighted by atomic mass is 10.4. The zero-order valence-electron chi connectivity index (χ0n) is 7.91. The zero-order chi connectivity index (χ0) is 10.7. The number of rotatable bonds is 3. The highest BCUT2D eigenvalue weighted by molar-refractivity contribution is 9.10. The van der Waals surface area contributed by atoms with Crippen molar-refractivity contribution in [1.82, 2.24) is 4.57 Å². The molecule has 1 aromatic rings. The molecule has 5 heteroatoms. The average Bonchev–Trinajstić information content (AvgIpc) is 2.44. The van der Waals surface area contributed by atoms with E-state index in [0.29, 0.717) is 5.69 Å². The van der Waals surface area contributed by atoms with E-state index in [0.717, 1.165) is 4.47 Å².